The molecule has 0 aliphatic rings. The van der Waals surface area contributed by atoms with Crippen LogP contribution in [-0.4, -0.2) is 18.7 Å². The average Bonchev–Trinajstić information content (AvgIpc) is 2.40. The molecule has 0 radical (unpaired) electrons. The van der Waals surface area contributed by atoms with Crippen molar-refractivity contribution in [1.82, 2.24) is 0 Å². The first-order chi connectivity index (χ1) is 8.18. The Bertz CT molecular complexity index is 333. The number of methoxy groups -OCH3 is 1. The Balaban J connectivity index is 2.60. The number of carbonyl (C=O) groups excluding carboxylic acids is 1. The lowest BCUT2D eigenvalue weighted by Gasteiger charge is -2.27. The lowest BCUT2D eigenvalue weighted by Crippen LogP contribution is -2.40. The molecule has 0 aliphatic heterocycles. The van der Waals surface area contributed by atoms with Crippen molar-refractivity contribution >= 4 is 5.97 Å². The highest BCUT2D eigenvalue weighted by Gasteiger charge is 2.36. The fourth-order valence-electron chi connectivity index (χ4n) is 1.77. The van der Waals surface area contributed by atoms with Gasteiger partial charge in [0.15, 0.2) is 5.60 Å². The van der Waals surface area contributed by atoms with E-state index in [1.807, 2.05) is 44.2 Å². The second-order valence-corrected chi connectivity index (χ2v) is 3.97. The van der Waals surface area contributed by atoms with Gasteiger partial charge in [-0.05, 0) is 18.4 Å². The molecule has 0 saturated carbocycles. The third-order valence-corrected chi connectivity index (χ3v) is 3.12. The molecule has 0 unspecified atom stereocenters. The van der Waals surface area contributed by atoms with Gasteiger partial charge in [-0.25, -0.2) is 4.79 Å². The van der Waals surface area contributed by atoms with Gasteiger partial charge in [0, 0.05) is 7.11 Å². The van der Waals surface area contributed by atoms with Crippen LogP contribution in [0.5, 0.6) is 0 Å². The molecule has 3 heteroatoms. The van der Waals surface area contributed by atoms with Gasteiger partial charge in [0.05, 0.1) is 0 Å². The summed E-state index contributed by atoms with van der Waals surface area (Å²) in [4.78, 5) is 12.0. The second-order valence-electron chi connectivity index (χ2n) is 3.97. The third-order valence-electron chi connectivity index (χ3n) is 3.12. The average molecular weight is 236 g/mol. The van der Waals surface area contributed by atoms with Crippen LogP contribution in [0.3, 0.4) is 0 Å². The zero-order valence-electron chi connectivity index (χ0n) is 10.7. The number of hydrogen-bond donors (Lipinski definition) is 0. The van der Waals surface area contributed by atoms with Gasteiger partial charge in [-0.15, -0.1) is 0 Å². The summed E-state index contributed by atoms with van der Waals surface area (Å²) in [5, 5.41) is 0. The van der Waals surface area contributed by atoms with E-state index >= 15 is 0 Å². The van der Waals surface area contributed by atoms with E-state index in [2.05, 4.69) is 0 Å². The predicted molar refractivity (Wildman–Crippen MR) is 66.6 cm³/mol. The maximum atomic E-state index is 12.0. The van der Waals surface area contributed by atoms with Gasteiger partial charge in [-0.2, -0.15) is 0 Å². The van der Waals surface area contributed by atoms with Crippen molar-refractivity contribution in [2.45, 2.75) is 38.9 Å². The van der Waals surface area contributed by atoms with Gasteiger partial charge < -0.3 is 9.47 Å². The second kappa shape index (κ2) is 6.40. The zero-order valence-corrected chi connectivity index (χ0v) is 10.7. The van der Waals surface area contributed by atoms with Crippen molar-refractivity contribution in [3.63, 3.8) is 0 Å². The van der Waals surface area contributed by atoms with E-state index in [9.17, 15) is 4.79 Å². The van der Waals surface area contributed by atoms with E-state index < -0.39 is 5.60 Å². The van der Waals surface area contributed by atoms with E-state index in [0.717, 1.165) is 5.56 Å². The van der Waals surface area contributed by atoms with Crippen LogP contribution in [-0.2, 0) is 20.9 Å². The molecule has 0 fully saturated rings. The number of rotatable bonds is 6. The summed E-state index contributed by atoms with van der Waals surface area (Å²) in [7, 11) is 1.55. The molecule has 0 spiro atoms. The fourth-order valence-corrected chi connectivity index (χ4v) is 1.77. The van der Waals surface area contributed by atoms with Gasteiger partial charge in [0.25, 0.3) is 0 Å². The number of benzene rings is 1. The number of hydrogen-bond acceptors (Lipinski definition) is 3. The van der Waals surface area contributed by atoms with Crippen LogP contribution in [0.15, 0.2) is 30.3 Å². The monoisotopic (exact) mass is 236 g/mol. The lowest BCUT2D eigenvalue weighted by atomic mass is 9.97. The maximum absolute atomic E-state index is 12.0. The topological polar surface area (TPSA) is 35.5 Å². The molecule has 0 bridgehead atoms. The normalized spacial score (nSPS) is 11.2. The highest BCUT2D eigenvalue weighted by molar-refractivity contribution is 5.79. The summed E-state index contributed by atoms with van der Waals surface area (Å²) in [6.45, 7) is 4.15. The van der Waals surface area contributed by atoms with Crippen molar-refractivity contribution in [1.29, 1.82) is 0 Å². The predicted octanol–water partition coefficient (Wildman–Crippen LogP) is 2.94. The summed E-state index contributed by atoms with van der Waals surface area (Å²) in [6.07, 6.45) is 1.24. The van der Waals surface area contributed by atoms with Gasteiger partial charge in [-0.1, -0.05) is 44.2 Å². The van der Waals surface area contributed by atoms with Crippen LogP contribution in [0.25, 0.3) is 0 Å². The molecule has 1 aromatic carbocycles. The maximum Gasteiger partial charge on any atom is 0.338 e. The number of esters is 1. The van der Waals surface area contributed by atoms with Crippen molar-refractivity contribution in [3.05, 3.63) is 35.9 Å². The SMILES string of the molecule is CCC(CC)(OC)C(=O)OCc1ccccc1. The van der Waals surface area contributed by atoms with Crippen molar-refractivity contribution in [3.8, 4) is 0 Å². The molecule has 1 aromatic rings. The van der Waals surface area contributed by atoms with Crippen molar-refractivity contribution in [2.24, 2.45) is 0 Å². The standard InChI is InChI=1S/C14H20O3/c1-4-14(5-2,16-3)13(15)17-11-12-9-7-6-8-10-12/h6-10H,4-5,11H2,1-3H3. The first-order valence-corrected chi connectivity index (χ1v) is 5.94. The van der Waals surface area contributed by atoms with Crippen LogP contribution in [0.2, 0.25) is 0 Å². The largest absolute Gasteiger partial charge is 0.459 e. The Labute approximate surface area is 103 Å². The third kappa shape index (κ3) is 3.30. The minimum absolute atomic E-state index is 0.283. The smallest absolute Gasteiger partial charge is 0.338 e. The summed E-state index contributed by atoms with van der Waals surface area (Å²) < 4.78 is 10.6. The van der Waals surface area contributed by atoms with E-state index in [4.69, 9.17) is 9.47 Å². The number of ether oxygens (including phenoxy) is 2. The fraction of sp³-hybridized carbons (Fsp3) is 0.500. The first kappa shape index (κ1) is 13.7. The molecule has 3 nitrogen and oxygen atoms in total. The Morgan fingerprint density at radius 1 is 1.18 bits per heavy atom. The van der Waals surface area contributed by atoms with Gasteiger partial charge in [0.1, 0.15) is 6.61 Å². The quantitative estimate of drug-likeness (QED) is 0.712. The highest BCUT2D eigenvalue weighted by Crippen LogP contribution is 2.22. The molecular weight excluding hydrogens is 216 g/mol. The summed E-state index contributed by atoms with van der Waals surface area (Å²) >= 11 is 0. The molecule has 0 amide bonds. The Hall–Kier alpha value is -1.35. The highest BCUT2D eigenvalue weighted by atomic mass is 16.6. The summed E-state index contributed by atoms with van der Waals surface area (Å²) in [6, 6.07) is 9.64. The Morgan fingerprint density at radius 2 is 1.76 bits per heavy atom. The molecule has 0 aromatic heterocycles. The Morgan fingerprint density at radius 3 is 2.24 bits per heavy atom. The van der Waals surface area contributed by atoms with E-state index in [1.165, 1.54) is 0 Å². The van der Waals surface area contributed by atoms with Crippen LogP contribution in [0.1, 0.15) is 32.3 Å². The molecule has 0 aliphatic carbocycles. The molecule has 0 atom stereocenters. The minimum atomic E-state index is -0.797. The minimum Gasteiger partial charge on any atom is -0.459 e. The van der Waals surface area contributed by atoms with Crippen LogP contribution >= 0.6 is 0 Å². The van der Waals surface area contributed by atoms with Crippen LogP contribution < -0.4 is 0 Å². The van der Waals surface area contributed by atoms with E-state index in [1.54, 1.807) is 7.11 Å². The molecular formula is C14H20O3. The molecule has 94 valence electrons. The molecule has 0 heterocycles. The van der Waals surface area contributed by atoms with Gasteiger partial charge in [-0.3, -0.25) is 0 Å². The van der Waals surface area contributed by atoms with Gasteiger partial charge in [0.2, 0.25) is 0 Å². The molecule has 1 rings (SSSR count). The first-order valence-electron chi connectivity index (χ1n) is 5.94. The molecule has 0 saturated heterocycles. The van der Waals surface area contributed by atoms with Crippen molar-refractivity contribution in [2.75, 3.05) is 7.11 Å². The zero-order chi connectivity index (χ0) is 12.7. The van der Waals surface area contributed by atoms with Crippen LogP contribution in [0, 0.1) is 0 Å². The number of carbonyl (C=O) groups is 1. The van der Waals surface area contributed by atoms with Gasteiger partial charge >= 0.3 is 5.97 Å². The lowest BCUT2D eigenvalue weighted by molar-refractivity contribution is -0.171. The van der Waals surface area contributed by atoms with E-state index in [-0.39, 0.29) is 5.97 Å². The molecule has 0 N–H and O–H groups in total. The van der Waals surface area contributed by atoms with Crippen LogP contribution in [0.4, 0.5) is 0 Å². The van der Waals surface area contributed by atoms with Crippen molar-refractivity contribution < 1.29 is 14.3 Å². The summed E-state index contributed by atoms with van der Waals surface area (Å²) in [5.74, 6) is -0.283. The molecule has 17 heavy (non-hydrogen) atoms. The summed E-state index contributed by atoms with van der Waals surface area (Å²) in [5.41, 5.74) is 0.187. The Kier molecular flexibility index (Phi) is 5.16. The van der Waals surface area contributed by atoms with E-state index in [0.29, 0.717) is 19.4 Å².